The summed E-state index contributed by atoms with van der Waals surface area (Å²) in [5.41, 5.74) is 6.03. The summed E-state index contributed by atoms with van der Waals surface area (Å²) in [6.45, 7) is 0.903. The molecule has 1 aromatic carbocycles. The predicted octanol–water partition coefficient (Wildman–Crippen LogP) is 2.31. The first-order valence-electron chi connectivity index (χ1n) is 5.91. The van der Waals surface area contributed by atoms with Crippen LogP contribution in [0.25, 0.3) is 0 Å². The maximum Gasteiger partial charge on any atom is 0.165 e. The molecule has 0 saturated heterocycles. The number of benzene rings is 1. The van der Waals surface area contributed by atoms with Gasteiger partial charge in [-0.05, 0) is 37.0 Å². The molecule has 1 aliphatic carbocycles. The molecule has 0 aliphatic heterocycles. The summed E-state index contributed by atoms with van der Waals surface area (Å²) in [5.74, 6) is 6.16. The van der Waals surface area contributed by atoms with Crippen LogP contribution >= 0.6 is 0 Å². The van der Waals surface area contributed by atoms with Crippen molar-refractivity contribution in [2.24, 2.45) is 11.7 Å². The second-order valence-electron chi connectivity index (χ2n) is 4.26. The Balaban J connectivity index is 2.02. The van der Waals surface area contributed by atoms with E-state index in [1.807, 2.05) is 0 Å². The molecule has 2 nitrogen and oxygen atoms in total. The van der Waals surface area contributed by atoms with E-state index in [1.54, 1.807) is 12.1 Å². The molecule has 0 heterocycles. The summed E-state index contributed by atoms with van der Waals surface area (Å²) in [5, 5.41) is 0. The fourth-order valence-electron chi connectivity index (χ4n) is 1.71. The van der Waals surface area contributed by atoms with Gasteiger partial charge < -0.3 is 10.5 Å². The number of hydrogen-bond acceptors (Lipinski definition) is 2. The van der Waals surface area contributed by atoms with E-state index in [0.29, 0.717) is 24.8 Å². The summed E-state index contributed by atoms with van der Waals surface area (Å²) in [6.07, 6.45) is 3.64. The highest BCUT2D eigenvalue weighted by Crippen LogP contribution is 2.28. The lowest BCUT2D eigenvalue weighted by Gasteiger charge is -2.25. The van der Waals surface area contributed by atoms with Crippen LogP contribution in [0, 0.1) is 23.6 Å². The Labute approximate surface area is 101 Å². The Morgan fingerprint density at radius 3 is 2.88 bits per heavy atom. The molecule has 0 aromatic heterocycles. The molecule has 0 unspecified atom stereocenters. The van der Waals surface area contributed by atoms with E-state index in [9.17, 15) is 4.39 Å². The largest absolute Gasteiger partial charge is 0.490 e. The monoisotopic (exact) mass is 233 g/mol. The molecular formula is C14H16FNO. The molecule has 1 aliphatic rings. The summed E-state index contributed by atoms with van der Waals surface area (Å²) in [6, 6.07) is 4.65. The Morgan fingerprint density at radius 2 is 2.24 bits per heavy atom. The molecule has 1 aromatic rings. The highest BCUT2D eigenvalue weighted by molar-refractivity contribution is 5.40. The molecule has 0 bridgehead atoms. The maximum atomic E-state index is 13.5. The van der Waals surface area contributed by atoms with Crippen molar-refractivity contribution in [1.82, 2.24) is 0 Å². The second kappa shape index (κ2) is 5.70. The predicted molar refractivity (Wildman–Crippen MR) is 65.2 cm³/mol. The minimum atomic E-state index is -0.331. The molecule has 0 spiro atoms. The topological polar surface area (TPSA) is 35.2 Å². The van der Waals surface area contributed by atoms with Gasteiger partial charge in [0.25, 0.3) is 0 Å². The Bertz CT molecular complexity index is 443. The third kappa shape index (κ3) is 3.21. The smallest absolute Gasteiger partial charge is 0.165 e. The molecule has 0 radical (unpaired) electrons. The van der Waals surface area contributed by atoms with Gasteiger partial charge in [0, 0.05) is 5.56 Å². The average Bonchev–Trinajstić information content (AvgIpc) is 2.27. The van der Waals surface area contributed by atoms with Crippen LogP contribution in [0.1, 0.15) is 24.8 Å². The van der Waals surface area contributed by atoms with Crippen LogP contribution in [0.3, 0.4) is 0 Å². The third-order valence-electron chi connectivity index (χ3n) is 2.97. The van der Waals surface area contributed by atoms with Crippen molar-refractivity contribution >= 4 is 0 Å². The van der Waals surface area contributed by atoms with Crippen molar-refractivity contribution in [2.75, 3.05) is 13.2 Å². The standard InChI is InChI=1S/C14H16FNO/c15-13-7-6-11(5-2-8-16)9-14(13)17-10-12-3-1-4-12/h6-7,9,12H,1,3-4,8,10,16H2. The first-order valence-corrected chi connectivity index (χ1v) is 5.91. The van der Waals surface area contributed by atoms with Crippen LogP contribution in [-0.4, -0.2) is 13.2 Å². The van der Waals surface area contributed by atoms with Gasteiger partial charge in [0.1, 0.15) is 0 Å². The van der Waals surface area contributed by atoms with Gasteiger partial charge in [-0.3, -0.25) is 0 Å². The first-order chi connectivity index (χ1) is 8.29. The van der Waals surface area contributed by atoms with Crippen molar-refractivity contribution in [1.29, 1.82) is 0 Å². The van der Waals surface area contributed by atoms with Gasteiger partial charge in [0.2, 0.25) is 0 Å². The van der Waals surface area contributed by atoms with E-state index in [2.05, 4.69) is 11.8 Å². The van der Waals surface area contributed by atoms with Crippen molar-refractivity contribution in [3.05, 3.63) is 29.6 Å². The molecule has 1 fully saturated rings. The maximum absolute atomic E-state index is 13.5. The van der Waals surface area contributed by atoms with Gasteiger partial charge in [-0.25, -0.2) is 4.39 Å². The van der Waals surface area contributed by atoms with Gasteiger partial charge in [-0.2, -0.15) is 0 Å². The fourth-order valence-corrected chi connectivity index (χ4v) is 1.71. The van der Waals surface area contributed by atoms with Gasteiger partial charge in [-0.15, -0.1) is 0 Å². The van der Waals surface area contributed by atoms with Crippen molar-refractivity contribution in [3.63, 3.8) is 0 Å². The normalized spacial score (nSPS) is 14.7. The molecule has 2 rings (SSSR count). The Hall–Kier alpha value is -1.53. The van der Waals surface area contributed by atoms with Crippen molar-refractivity contribution in [3.8, 4) is 17.6 Å². The minimum Gasteiger partial charge on any atom is -0.490 e. The second-order valence-corrected chi connectivity index (χ2v) is 4.26. The van der Waals surface area contributed by atoms with E-state index in [0.717, 1.165) is 5.56 Å². The van der Waals surface area contributed by atoms with Gasteiger partial charge in [-0.1, -0.05) is 18.3 Å². The summed E-state index contributed by atoms with van der Waals surface area (Å²) >= 11 is 0. The lowest BCUT2D eigenvalue weighted by Crippen LogP contribution is -2.19. The number of halogens is 1. The average molecular weight is 233 g/mol. The number of nitrogens with two attached hydrogens (primary N) is 1. The molecule has 2 N–H and O–H groups in total. The first kappa shape index (κ1) is 11.9. The van der Waals surface area contributed by atoms with E-state index in [1.165, 1.54) is 25.3 Å². The molecule has 1 saturated carbocycles. The Kier molecular flexibility index (Phi) is 4.00. The molecule has 0 amide bonds. The van der Waals surface area contributed by atoms with Crippen LogP contribution in [0.2, 0.25) is 0 Å². The van der Waals surface area contributed by atoms with Crippen LogP contribution in [0.4, 0.5) is 4.39 Å². The lowest BCUT2D eigenvalue weighted by atomic mass is 9.86. The zero-order chi connectivity index (χ0) is 12.1. The molecule has 90 valence electrons. The van der Waals surface area contributed by atoms with Crippen LogP contribution < -0.4 is 10.5 Å². The summed E-state index contributed by atoms with van der Waals surface area (Å²) in [4.78, 5) is 0. The van der Waals surface area contributed by atoms with Gasteiger partial charge >= 0.3 is 0 Å². The highest BCUT2D eigenvalue weighted by Gasteiger charge is 2.18. The van der Waals surface area contributed by atoms with E-state index < -0.39 is 0 Å². The Morgan fingerprint density at radius 1 is 1.41 bits per heavy atom. The quantitative estimate of drug-likeness (QED) is 0.813. The molecule has 17 heavy (non-hydrogen) atoms. The van der Waals surface area contributed by atoms with Crippen LogP contribution in [0.5, 0.6) is 5.75 Å². The number of rotatable bonds is 3. The lowest BCUT2D eigenvalue weighted by molar-refractivity contribution is 0.175. The van der Waals surface area contributed by atoms with Crippen LogP contribution in [0.15, 0.2) is 18.2 Å². The molecule has 0 atom stereocenters. The summed E-state index contributed by atoms with van der Waals surface area (Å²) < 4.78 is 19.0. The number of ether oxygens (including phenoxy) is 1. The van der Waals surface area contributed by atoms with Gasteiger partial charge in [0.15, 0.2) is 11.6 Å². The fraction of sp³-hybridized carbons (Fsp3) is 0.429. The highest BCUT2D eigenvalue weighted by atomic mass is 19.1. The molecular weight excluding hydrogens is 217 g/mol. The third-order valence-corrected chi connectivity index (χ3v) is 2.97. The number of hydrogen-bond donors (Lipinski definition) is 1. The van der Waals surface area contributed by atoms with Gasteiger partial charge in [0.05, 0.1) is 13.2 Å². The molecule has 3 heteroatoms. The van der Waals surface area contributed by atoms with Crippen molar-refractivity contribution < 1.29 is 9.13 Å². The van der Waals surface area contributed by atoms with E-state index >= 15 is 0 Å². The van der Waals surface area contributed by atoms with E-state index in [-0.39, 0.29) is 5.82 Å². The minimum absolute atomic E-state index is 0.292. The zero-order valence-corrected chi connectivity index (χ0v) is 9.71. The SMILES string of the molecule is NCC#Cc1ccc(F)c(OCC2CCC2)c1. The summed E-state index contributed by atoms with van der Waals surface area (Å²) in [7, 11) is 0. The zero-order valence-electron chi connectivity index (χ0n) is 9.71. The van der Waals surface area contributed by atoms with Crippen LogP contribution in [-0.2, 0) is 0 Å². The van der Waals surface area contributed by atoms with Crippen molar-refractivity contribution in [2.45, 2.75) is 19.3 Å². The van der Waals surface area contributed by atoms with E-state index in [4.69, 9.17) is 10.5 Å².